The second kappa shape index (κ2) is 6.88. The molecule has 3 rings (SSSR count). The summed E-state index contributed by atoms with van der Waals surface area (Å²) >= 11 is 0. The molecule has 0 aromatic heterocycles. The van der Waals surface area contributed by atoms with Gasteiger partial charge in [0.2, 0.25) is 5.91 Å². The maximum atomic E-state index is 14.1. The number of rotatable bonds is 5. The number of aliphatic hydroxyl groups is 1. The third kappa shape index (κ3) is 3.69. The van der Waals surface area contributed by atoms with E-state index in [1.165, 1.54) is 24.3 Å². The van der Waals surface area contributed by atoms with E-state index < -0.39 is 35.0 Å². The molecule has 2 aromatic carbocycles. The minimum absolute atomic E-state index is 0.244. The lowest BCUT2D eigenvalue weighted by Gasteiger charge is -2.43. The quantitative estimate of drug-likeness (QED) is 0.864. The lowest BCUT2D eigenvalue weighted by molar-refractivity contribution is -0.126. The average Bonchev–Trinajstić information content (AvgIpc) is 2.51. The first kappa shape index (κ1) is 17.5. The van der Waals surface area contributed by atoms with Crippen molar-refractivity contribution < 1.29 is 23.1 Å². The van der Waals surface area contributed by atoms with Crippen LogP contribution in [-0.4, -0.2) is 11.0 Å². The van der Waals surface area contributed by atoms with Crippen molar-refractivity contribution >= 4 is 5.91 Å². The Labute approximate surface area is 143 Å². The van der Waals surface area contributed by atoms with Gasteiger partial charge in [-0.15, -0.1) is 0 Å². The fraction of sp³-hybridized carbons (Fsp3) is 0.316. The Morgan fingerprint density at radius 1 is 1.12 bits per heavy atom. The number of nitrogens with one attached hydrogen (secondary N) is 1. The third-order valence-electron chi connectivity index (χ3n) is 4.64. The predicted octanol–water partition coefficient (Wildman–Crippen LogP) is 3.72. The van der Waals surface area contributed by atoms with E-state index >= 15 is 0 Å². The van der Waals surface area contributed by atoms with E-state index in [0.29, 0.717) is 18.4 Å². The Hall–Kier alpha value is -2.34. The van der Waals surface area contributed by atoms with Gasteiger partial charge < -0.3 is 10.4 Å². The topological polar surface area (TPSA) is 49.3 Å². The molecule has 0 bridgehead atoms. The highest BCUT2D eigenvalue weighted by atomic mass is 19.1. The second-order valence-electron chi connectivity index (χ2n) is 6.38. The molecule has 0 radical (unpaired) electrons. The number of carbonyl (C=O) groups is 1. The normalized spacial score (nSPS) is 16.8. The molecule has 1 atom stereocenters. The molecule has 2 aromatic rings. The van der Waals surface area contributed by atoms with Gasteiger partial charge in [0.05, 0.1) is 18.1 Å². The van der Waals surface area contributed by atoms with Crippen molar-refractivity contribution in [3.63, 3.8) is 0 Å². The van der Waals surface area contributed by atoms with Crippen molar-refractivity contribution in [3.8, 4) is 0 Å². The van der Waals surface area contributed by atoms with Gasteiger partial charge in [-0.1, -0.05) is 18.2 Å². The summed E-state index contributed by atoms with van der Waals surface area (Å²) in [4.78, 5) is 12.3. The van der Waals surface area contributed by atoms with Gasteiger partial charge in [0.25, 0.3) is 0 Å². The lowest BCUT2D eigenvalue weighted by atomic mass is 9.71. The summed E-state index contributed by atoms with van der Waals surface area (Å²) in [6.07, 6.45) is 0.456. The first-order valence-electron chi connectivity index (χ1n) is 8.10. The summed E-state index contributed by atoms with van der Waals surface area (Å²) in [7, 11) is 0. The van der Waals surface area contributed by atoms with Crippen molar-refractivity contribution in [1.82, 2.24) is 5.32 Å². The van der Waals surface area contributed by atoms with Gasteiger partial charge in [0, 0.05) is 11.6 Å². The summed E-state index contributed by atoms with van der Waals surface area (Å²) in [6.45, 7) is 0. The zero-order valence-electron chi connectivity index (χ0n) is 13.4. The molecular formula is C19H18F3NO2. The minimum atomic E-state index is -1.16. The number of hydrogen-bond acceptors (Lipinski definition) is 2. The minimum Gasteiger partial charge on any atom is -0.388 e. The van der Waals surface area contributed by atoms with Crippen molar-refractivity contribution in [2.75, 3.05) is 0 Å². The maximum Gasteiger partial charge on any atom is 0.223 e. The van der Waals surface area contributed by atoms with Crippen LogP contribution in [-0.2, 0) is 10.3 Å². The van der Waals surface area contributed by atoms with Gasteiger partial charge in [0.15, 0.2) is 0 Å². The highest BCUT2D eigenvalue weighted by Crippen LogP contribution is 2.42. The molecule has 0 saturated heterocycles. The summed E-state index contributed by atoms with van der Waals surface area (Å²) < 4.78 is 40.4. The lowest BCUT2D eigenvalue weighted by Crippen LogP contribution is -2.51. The summed E-state index contributed by atoms with van der Waals surface area (Å²) in [5.74, 6) is -2.35. The molecule has 1 amide bonds. The van der Waals surface area contributed by atoms with Crippen LogP contribution in [0, 0.1) is 17.5 Å². The molecule has 1 aliphatic rings. The molecule has 2 N–H and O–H groups in total. The number of amides is 1. The molecule has 0 heterocycles. The van der Waals surface area contributed by atoms with Crippen molar-refractivity contribution in [1.29, 1.82) is 0 Å². The number of carbonyl (C=O) groups excluding carboxylic acids is 1. The summed E-state index contributed by atoms with van der Waals surface area (Å²) in [5.41, 5.74) is -0.337. The molecule has 1 saturated carbocycles. The van der Waals surface area contributed by atoms with Crippen molar-refractivity contribution in [2.45, 2.75) is 37.3 Å². The molecule has 0 spiro atoms. The molecular weight excluding hydrogens is 331 g/mol. The maximum absolute atomic E-state index is 14.1. The molecule has 1 fully saturated rings. The van der Waals surface area contributed by atoms with E-state index in [1.54, 1.807) is 0 Å². The fourth-order valence-corrected chi connectivity index (χ4v) is 3.19. The molecule has 132 valence electrons. The van der Waals surface area contributed by atoms with Crippen molar-refractivity contribution in [2.24, 2.45) is 0 Å². The Morgan fingerprint density at radius 2 is 1.84 bits per heavy atom. The molecule has 25 heavy (non-hydrogen) atoms. The second-order valence-corrected chi connectivity index (χ2v) is 6.38. The standard InChI is InChI=1S/C19H18F3NO2/c20-13-4-1-3-12(9-13)17(24)11-18(25)23-19(7-2-8-19)15-6-5-14(21)10-16(15)22/h1,3-6,9-10,17,24H,2,7-8,11H2,(H,23,25). The van der Waals surface area contributed by atoms with Crippen LogP contribution < -0.4 is 5.32 Å². The van der Waals surface area contributed by atoms with Crippen LogP contribution in [0.1, 0.15) is 42.9 Å². The summed E-state index contributed by atoms with van der Waals surface area (Å²) in [6, 6.07) is 8.68. The highest BCUT2D eigenvalue weighted by Gasteiger charge is 2.42. The predicted molar refractivity (Wildman–Crippen MR) is 86.0 cm³/mol. The van der Waals surface area contributed by atoms with Crippen LogP contribution in [0.4, 0.5) is 13.2 Å². The van der Waals surface area contributed by atoms with Crippen LogP contribution >= 0.6 is 0 Å². The third-order valence-corrected chi connectivity index (χ3v) is 4.64. The molecule has 3 nitrogen and oxygen atoms in total. The first-order valence-corrected chi connectivity index (χ1v) is 8.10. The highest BCUT2D eigenvalue weighted by molar-refractivity contribution is 5.78. The first-order chi connectivity index (χ1) is 11.9. The van der Waals surface area contributed by atoms with Gasteiger partial charge in [0.1, 0.15) is 17.5 Å². The van der Waals surface area contributed by atoms with E-state index in [0.717, 1.165) is 24.6 Å². The Kier molecular flexibility index (Phi) is 4.81. The van der Waals surface area contributed by atoms with Crippen LogP contribution in [0.3, 0.4) is 0 Å². The number of benzene rings is 2. The van der Waals surface area contributed by atoms with Gasteiger partial charge in [-0.05, 0) is 43.0 Å². The van der Waals surface area contributed by atoms with E-state index in [4.69, 9.17) is 0 Å². The van der Waals surface area contributed by atoms with Crippen LogP contribution in [0.2, 0.25) is 0 Å². The molecule has 6 heteroatoms. The zero-order valence-corrected chi connectivity index (χ0v) is 13.4. The smallest absolute Gasteiger partial charge is 0.223 e. The SMILES string of the molecule is O=C(CC(O)c1cccc(F)c1)NC1(c2ccc(F)cc2F)CCC1. The van der Waals surface area contributed by atoms with E-state index in [-0.39, 0.29) is 12.0 Å². The van der Waals surface area contributed by atoms with Gasteiger partial charge >= 0.3 is 0 Å². The van der Waals surface area contributed by atoms with E-state index in [9.17, 15) is 23.1 Å². The zero-order chi connectivity index (χ0) is 18.0. The summed E-state index contributed by atoms with van der Waals surface area (Å²) in [5, 5.41) is 12.9. The number of halogens is 3. The molecule has 0 aliphatic heterocycles. The monoisotopic (exact) mass is 349 g/mol. The van der Waals surface area contributed by atoms with E-state index in [2.05, 4.69) is 5.32 Å². The van der Waals surface area contributed by atoms with Crippen LogP contribution in [0.5, 0.6) is 0 Å². The van der Waals surface area contributed by atoms with Gasteiger partial charge in [-0.2, -0.15) is 0 Å². The molecule has 1 aliphatic carbocycles. The van der Waals surface area contributed by atoms with Crippen molar-refractivity contribution in [3.05, 3.63) is 71.0 Å². The van der Waals surface area contributed by atoms with Crippen LogP contribution in [0.15, 0.2) is 42.5 Å². The van der Waals surface area contributed by atoms with Gasteiger partial charge in [-0.25, -0.2) is 13.2 Å². The van der Waals surface area contributed by atoms with Crippen LogP contribution in [0.25, 0.3) is 0 Å². The number of hydrogen-bond donors (Lipinski definition) is 2. The Balaban J connectivity index is 1.72. The fourth-order valence-electron chi connectivity index (χ4n) is 3.19. The van der Waals surface area contributed by atoms with Gasteiger partial charge in [-0.3, -0.25) is 4.79 Å². The Morgan fingerprint density at radius 3 is 2.44 bits per heavy atom. The number of aliphatic hydroxyl groups excluding tert-OH is 1. The largest absolute Gasteiger partial charge is 0.388 e. The average molecular weight is 349 g/mol. The van der Waals surface area contributed by atoms with E-state index in [1.807, 2.05) is 0 Å². The molecule has 1 unspecified atom stereocenters. The Bertz CT molecular complexity index is 790.